The molecule has 0 spiro atoms. The van der Waals surface area contributed by atoms with Crippen LogP contribution in [0, 0.1) is 0 Å². The predicted octanol–water partition coefficient (Wildman–Crippen LogP) is 5.26. The molecule has 0 aliphatic carbocycles. The van der Waals surface area contributed by atoms with Crippen LogP contribution >= 0.6 is 0 Å². The van der Waals surface area contributed by atoms with Crippen molar-refractivity contribution in [2.24, 2.45) is 0 Å². The zero-order chi connectivity index (χ0) is 13.0. The number of hydrogen-bond donors (Lipinski definition) is 0. The van der Waals surface area contributed by atoms with E-state index in [1.54, 1.807) is 0 Å². The van der Waals surface area contributed by atoms with Gasteiger partial charge in [0.25, 0.3) is 0 Å². The van der Waals surface area contributed by atoms with Crippen LogP contribution in [-0.4, -0.2) is 6.61 Å². The van der Waals surface area contributed by atoms with Crippen LogP contribution in [0.25, 0.3) is 0 Å². The standard InChI is InChI=1S/C17H26O/c1-4-6-7-13(3)15-8-9-17-16(12-15)14(5-2)10-11-18-17/h8-9,12-14H,4-7,10-11H2,1-3H3. The first-order chi connectivity index (χ1) is 8.76. The summed E-state index contributed by atoms with van der Waals surface area (Å²) in [5, 5.41) is 0. The van der Waals surface area contributed by atoms with E-state index in [1.165, 1.54) is 43.2 Å². The van der Waals surface area contributed by atoms with Gasteiger partial charge in [-0.3, -0.25) is 0 Å². The highest BCUT2D eigenvalue weighted by Crippen LogP contribution is 2.37. The molecule has 2 atom stereocenters. The third-order valence-electron chi connectivity index (χ3n) is 4.25. The zero-order valence-electron chi connectivity index (χ0n) is 12.0. The Hall–Kier alpha value is -0.980. The van der Waals surface area contributed by atoms with Crippen LogP contribution in [-0.2, 0) is 0 Å². The lowest BCUT2D eigenvalue weighted by atomic mass is 9.86. The Bertz CT molecular complexity index is 383. The molecule has 0 bridgehead atoms. The molecule has 1 aliphatic heterocycles. The van der Waals surface area contributed by atoms with Crippen molar-refractivity contribution in [2.75, 3.05) is 6.61 Å². The Kier molecular flexibility index (Phi) is 4.68. The molecule has 1 aromatic rings. The molecule has 1 heteroatoms. The molecular formula is C17H26O. The van der Waals surface area contributed by atoms with Crippen molar-refractivity contribution in [1.82, 2.24) is 0 Å². The molecule has 1 aliphatic rings. The van der Waals surface area contributed by atoms with Crippen molar-refractivity contribution in [3.63, 3.8) is 0 Å². The van der Waals surface area contributed by atoms with Gasteiger partial charge in [-0.25, -0.2) is 0 Å². The second-order valence-corrected chi connectivity index (χ2v) is 5.58. The lowest BCUT2D eigenvalue weighted by molar-refractivity contribution is 0.265. The van der Waals surface area contributed by atoms with E-state index in [0.29, 0.717) is 11.8 Å². The molecule has 2 unspecified atom stereocenters. The van der Waals surface area contributed by atoms with Crippen LogP contribution in [0.15, 0.2) is 18.2 Å². The number of rotatable bonds is 5. The Morgan fingerprint density at radius 2 is 2.17 bits per heavy atom. The topological polar surface area (TPSA) is 9.23 Å². The molecule has 1 aromatic carbocycles. The van der Waals surface area contributed by atoms with E-state index in [-0.39, 0.29) is 0 Å². The molecule has 0 saturated heterocycles. The second-order valence-electron chi connectivity index (χ2n) is 5.58. The molecule has 100 valence electrons. The Morgan fingerprint density at radius 3 is 2.89 bits per heavy atom. The average Bonchev–Trinajstić information content (AvgIpc) is 2.43. The maximum Gasteiger partial charge on any atom is 0.122 e. The smallest absolute Gasteiger partial charge is 0.122 e. The number of fused-ring (bicyclic) bond motifs is 1. The summed E-state index contributed by atoms with van der Waals surface area (Å²) in [6.07, 6.45) is 6.31. The summed E-state index contributed by atoms with van der Waals surface area (Å²) < 4.78 is 5.77. The summed E-state index contributed by atoms with van der Waals surface area (Å²) in [5.41, 5.74) is 2.94. The van der Waals surface area contributed by atoms with Gasteiger partial charge in [-0.05, 0) is 48.3 Å². The van der Waals surface area contributed by atoms with Gasteiger partial charge in [0.2, 0.25) is 0 Å². The first-order valence-corrected chi connectivity index (χ1v) is 7.52. The minimum absolute atomic E-state index is 0.676. The van der Waals surface area contributed by atoms with E-state index in [1.807, 2.05) is 0 Å². The van der Waals surface area contributed by atoms with Gasteiger partial charge in [0.15, 0.2) is 0 Å². The third-order valence-corrected chi connectivity index (χ3v) is 4.25. The fourth-order valence-electron chi connectivity index (χ4n) is 2.89. The van der Waals surface area contributed by atoms with Crippen LogP contribution in [0.1, 0.15) is 75.8 Å². The van der Waals surface area contributed by atoms with E-state index in [4.69, 9.17) is 4.74 Å². The van der Waals surface area contributed by atoms with Gasteiger partial charge in [-0.15, -0.1) is 0 Å². The third kappa shape index (κ3) is 2.88. The molecule has 0 aromatic heterocycles. The summed E-state index contributed by atoms with van der Waals surface area (Å²) in [7, 11) is 0. The quantitative estimate of drug-likeness (QED) is 0.689. The molecule has 0 N–H and O–H groups in total. The summed E-state index contributed by atoms with van der Waals surface area (Å²) in [5.74, 6) is 2.50. The largest absolute Gasteiger partial charge is 0.493 e. The van der Waals surface area contributed by atoms with Crippen molar-refractivity contribution < 1.29 is 4.74 Å². The monoisotopic (exact) mass is 246 g/mol. The average molecular weight is 246 g/mol. The summed E-state index contributed by atoms with van der Waals surface area (Å²) in [4.78, 5) is 0. The highest BCUT2D eigenvalue weighted by Gasteiger charge is 2.21. The molecule has 1 nitrogen and oxygen atoms in total. The van der Waals surface area contributed by atoms with Crippen LogP contribution < -0.4 is 4.74 Å². The van der Waals surface area contributed by atoms with Gasteiger partial charge < -0.3 is 4.74 Å². The first kappa shape index (κ1) is 13.5. The molecule has 1 heterocycles. The zero-order valence-corrected chi connectivity index (χ0v) is 12.0. The maximum atomic E-state index is 5.77. The van der Waals surface area contributed by atoms with Gasteiger partial charge in [0, 0.05) is 0 Å². The molecule has 0 fully saturated rings. The van der Waals surface area contributed by atoms with Crippen LogP contribution in [0.2, 0.25) is 0 Å². The predicted molar refractivity (Wildman–Crippen MR) is 77.5 cm³/mol. The highest BCUT2D eigenvalue weighted by atomic mass is 16.5. The SMILES string of the molecule is CCCCC(C)c1ccc2c(c1)C(CC)CCO2. The Morgan fingerprint density at radius 1 is 1.33 bits per heavy atom. The normalized spacial score (nSPS) is 20.1. The lowest BCUT2D eigenvalue weighted by Gasteiger charge is -2.26. The summed E-state index contributed by atoms with van der Waals surface area (Å²) in [6, 6.07) is 6.86. The molecular weight excluding hydrogens is 220 g/mol. The van der Waals surface area contributed by atoms with Gasteiger partial charge >= 0.3 is 0 Å². The fourth-order valence-corrected chi connectivity index (χ4v) is 2.89. The number of ether oxygens (including phenoxy) is 1. The van der Waals surface area contributed by atoms with Crippen LogP contribution in [0.4, 0.5) is 0 Å². The second kappa shape index (κ2) is 6.26. The lowest BCUT2D eigenvalue weighted by Crippen LogP contribution is -2.14. The van der Waals surface area contributed by atoms with E-state index < -0.39 is 0 Å². The fraction of sp³-hybridized carbons (Fsp3) is 0.647. The van der Waals surface area contributed by atoms with Crippen molar-refractivity contribution in [3.05, 3.63) is 29.3 Å². The number of benzene rings is 1. The molecule has 0 saturated carbocycles. The van der Waals surface area contributed by atoms with Gasteiger partial charge in [-0.2, -0.15) is 0 Å². The highest BCUT2D eigenvalue weighted by molar-refractivity contribution is 5.42. The van der Waals surface area contributed by atoms with Gasteiger partial charge in [0.05, 0.1) is 6.61 Å². The van der Waals surface area contributed by atoms with E-state index in [2.05, 4.69) is 39.0 Å². The van der Waals surface area contributed by atoms with Gasteiger partial charge in [0.1, 0.15) is 5.75 Å². The molecule has 0 amide bonds. The van der Waals surface area contributed by atoms with Crippen LogP contribution in [0.3, 0.4) is 0 Å². The molecule has 2 rings (SSSR count). The van der Waals surface area contributed by atoms with Crippen molar-refractivity contribution in [3.8, 4) is 5.75 Å². The maximum absolute atomic E-state index is 5.77. The van der Waals surface area contributed by atoms with Gasteiger partial charge in [-0.1, -0.05) is 45.7 Å². The Balaban J connectivity index is 2.19. The Labute approximate surface area is 112 Å². The summed E-state index contributed by atoms with van der Waals surface area (Å²) in [6.45, 7) is 7.78. The van der Waals surface area contributed by atoms with Crippen molar-refractivity contribution in [2.45, 2.75) is 64.7 Å². The van der Waals surface area contributed by atoms with E-state index in [0.717, 1.165) is 12.4 Å². The minimum atomic E-state index is 0.676. The first-order valence-electron chi connectivity index (χ1n) is 7.52. The van der Waals surface area contributed by atoms with Crippen molar-refractivity contribution >= 4 is 0 Å². The van der Waals surface area contributed by atoms with E-state index in [9.17, 15) is 0 Å². The van der Waals surface area contributed by atoms with E-state index >= 15 is 0 Å². The van der Waals surface area contributed by atoms with Crippen molar-refractivity contribution in [1.29, 1.82) is 0 Å². The molecule has 18 heavy (non-hydrogen) atoms. The number of hydrogen-bond acceptors (Lipinski definition) is 1. The van der Waals surface area contributed by atoms with Crippen LogP contribution in [0.5, 0.6) is 5.75 Å². The number of unbranched alkanes of at least 4 members (excludes halogenated alkanes) is 1. The minimum Gasteiger partial charge on any atom is -0.493 e. The summed E-state index contributed by atoms with van der Waals surface area (Å²) >= 11 is 0. The molecule has 0 radical (unpaired) electrons.